The number of carbonyl (C=O) groups excluding carboxylic acids is 1. The van der Waals surface area contributed by atoms with Gasteiger partial charge in [-0.25, -0.2) is 0 Å². The van der Waals surface area contributed by atoms with Gasteiger partial charge >= 0.3 is 0 Å². The van der Waals surface area contributed by atoms with Crippen molar-refractivity contribution in [3.05, 3.63) is 57.4 Å². The third-order valence-corrected chi connectivity index (χ3v) is 4.77. The van der Waals surface area contributed by atoms with Gasteiger partial charge in [0, 0.05) is 4.90 Å². The fourth-order valence-electron chi connectivity index (χ4n) is 2.03. The Balaban J connectivity index is 1.93. The number of ether oxygens (including phenoxy) is 1. The van der Waals surface area contributed by atoms with E-state index in [1.165, 1.54) is 11.8 Å². The fourth-order valence-corrected chi connectivity index (χ4v) is 3.54. The van der Waals surface area contributed by atoms with Gasteiger partial charge in [-0.3, -0.25) is 4.79 Å². The molecule has 0 radical (unpaired) electrons. The Kier molecular flexibility index (Phi) is 4.03. The molecular formula is C16H12BrNO2S. The Morgan fingerprint density at radius 2 is 2.05 bits per heavy atom. The van der Waals surface area contributed by atoms with E-state index < -0.39 is 0 Å². The number of halogens is 1. The van der Waals surface area contributed by atoms with Crippen molar-refractivity contribution in [3.8, 4) is 5.75 Å². The Labute approximate surface area is 135 Å². The highest BCUT2D eigenvalue weighted by atomic mass is 79.9. The molecular weight excluding hydrogens is 350 g/mol. The summed E-state index contributed by atoms with van der Waals surface area (Å²) in [4.78, 5) is 13.9. The molecule has 0 spiro atoms. The summed E-state index contributed by atoms with van der Waals surface area (Å²) in [5, 5.41) is 2.90. The lowest BCUT2D eigenvalue weighted by Gasteiger charge is -2.18. The minimum absolute atomic E-state index is 0.0781. The van der Waals surface area contributed by atoms with Gasteiger partial charge in [0.15, 0.2) is 0 Å². The number of rotatable bonds is 2. The monoisotopic (exact) mass is 361 g/mol. The van der Waals surface area contributed by atoms with E-state index in [0.717, 1.165) is 26.4 Å². The summed E-state index contributed by atoms with van der Waals surface area (Å²) in [7, 11) is 1.62. The van der Waals surface area contributed by atoms with E-state index in [0.29, 0.717) is 4.91 Å². The second kappa shape index (κ2) is 5.95. The first-order valence-electron chi connectivity index (χ1n) is 6.31. The lowest BCUT2D eigenvalue weighted by atomic mass is 10.2. The second-order valence-corrected chi connectivity index (χ2v) is 6.39. The number of fused-ring (bicyclic) bond motifs is 1. The highest BCUT2D eigenvalue weighted by Crippen LogP contribution is 2.39. The highest BCUT2D eigenvalue weighted by molar-refractivity contribution is 9.10. The lowest BCUT2D eigenvalue weighted by Crippen LogP contribution is -2.17. The second-order valence-electron chi connectivity index (χ2n) is 4.45. The van der Waals surface area contributed by atoms with Crippen molar-refractivity contribution in [1.82, 2.24) is 0 Å². The van der Waals surface area contributed by atoms with Crippen molar-refractivity contribution in [2.75, 3.05) is 12.4 Å². The minimum atomic E-state index is -0.0781. The number of anilines is 1. The Hall–Kier alpha value is -1.72. The summed E-state index contributed by atoms with van der Waals surface area (Å²) >= 11 is 4.93. The van der Waals surface area contributed by atoms with Crippen LogP contribution in [0.15, 0.2) is 56.7 Å². The van der Waals surface area contributed by atoms with Crippen molar-refractivity contribution in [2.24, 2.45) is 0 Å². The Morgan fingerprint density at radius 1 is 1.24 bits per heavy atom. The fraction of sp³-hybridized carbons (Fsp3) is 0.0625. The molecule has 3 nitrogen and oxygen atoms in total. The Bertz CT molecular complexity index is 743. The van der Waals surface area contributed by atoms with Crippen molar-refractivity contribution >= 4 is 45.4 Å². The largest absolute Gasteiger partial charge is 0.496 e. The van der Waals surface area contributed by atoms with Crippen LogP contribution in [0.5, 0.6) is 5.75 Å². The van der Waals surface area contributed by atoms with Crippen LogP contribution in [0.1, 0.15) is 5.56 Å². The normalized spacial score (nSPS) is 15.5. The first kappa shape index (κ1) is 14.2. The number of para-hydroxylation sites is 1. The first-order chi connectivity index (χ1) is 10.2. The number of nitrogens with one attached hydrogen (secondary N) is 1. The van der Waals surface area contributed by atoms with Gasteiger partial charge in [0.2, 0.25) is 0 Å². The summed E-state index contributed by atoms with van der Waals surface area (Å²) in [6, 6.07) is 13.5. The van der Waals surface area contributed by atoms with E-state index in [9.17, 15) is 4.79 Å². The molecule has 3 rings (SSSR count). The van der Waals surface area contributed by atoms with Crippen molar-refractivity contribution < 1.29 is 9.53 Å². The molecule has 1 N–H and O–H groups in total. The SMILES string of the molecule is COc1ccc(/C=C2\Sc3ccccc3NC2=O)cc1Br. The quantitative estimate of drug-likeness (QED) is 0.797. The predicted molar refractivity (Wildman–Crippen MR) is 89.6 cm³/mol. The van der Waals surface area contributed by atoms with E-state index in [1.807, 2.05) is 48.5 Å². The molecule has 0 saturated heterocycles. The summed E-state index contributed by atoms with van der Waals surface area (Å²) < 4.78 is 6.07. The lowest BCUT2D eigenvalue weighted by molar-refractivity contribution is -0.112. The van der Waals surface area contributed by atoms with E-state index in [1.54, 1.807) is 7.11 Å². The molecule has 1 aliphatic rings. The molecule has 0 fully saturated rings. The molecule has 0 atom stereocenters. The number of amides is 1. The number of methoxy groups -OCH3 is 1. The number of carbonyl (C=O) groups is 1. The molecule has 0 aromatic heterocycles. The molecule has 2 aromatic rings. The molecule has 2 aromatic carbocycles. The van der Waals surface area contributed by atoms with E-state index >= 15 is 0 Å². The summed E-state index contributed by atoms with van der Waals surface area (Å²) in [6.45, 7) is 0. The van der Waals surface area contributed by atoms with Gasteiger partial charge < -0.3 is 10.1 Å². The van der Waals surface area contributed by atoms with Gasteiger partial charge in [-0.1, -0.05) is 30.0 Å². The van der Waals surface area contributed by atoms with Gasteiger partial charge in [0.25, 0.3) is 5.91 Å². The number of benzene rings is 2. The van der Waals surface area contributed by atoms with Crippen LogP contribution >= 0.6 is 27.7 Å². The van der Waals surface area contributed by atoms with Gasteiger partial charge in [0.1, 0.15) is 5.75 Å². The molecule has 0 bridgehead atoms. The van der Waals surface area contributed by atoms with Crippen LogP contribution in [-0.4, -0.2) is 13.0 Å². The van der Waals surface area contributed by atoms with Crippen LogP contribution in [0, 0.1) is 0 Å². The maximum Gasteiger partial charge on any atom is 0.262 e. The predicted octanol–water partition coefficient (Wildman–Crippen LogP) is 4.54. The van der Waals surface area contributed by atoms with Crippen molar-refractivity contribution in [1.29, 1.82) is 0 Å². The summed E-state index contributed by atoms with van der Waals surface area (Å²) in [5.41, 5.74) is 1.81. The third-order valence-electron chi connectivity index (χ3n) is 3.05. The third kappa shape index (κ3) is 2.99. The van der Waals surface area contributed by atoms with Crippen LogP contribution in [0.3, 0.4) is 0 Å². The molecule has 1 aliphatic heterocycles. The summed E-state index contributed by atoms with van der Waals surface area (Å²) in [6.07, 6.45) is 1.88. The maximum absolute atomic E-state index is 12.1. The molecule has 0 saturated carbocycles. The Morgan fingerprint density at radius 3 is 2.81 bits per heavy atom. The van der Waals surface area contributed by atoms with Crippen LogP contribution in [0.25, 0.3) is 6.08 Å². The van der Waals surface area contributed by atoms with Crippen LogP contribution in [-0.2, 0) is 4.79 Å². The maximum atomic E-state index is 12.1. The zero-order valence-corrected chi connectivity index (χ0v) is 13.6. The first-order valence-corrected chi connectivity index (χ1v) is 7.92. The van der Waals surface area contributed by atoms with Crippen molar-refractivity contribution in [2.45, 2.75) is 4.90 Å². The average Bonchev–Trinajstić information content (AvgIpc) is 2.48. The summed E-state index contributed by atoms with van der Waals surface area (Å²) in [5.74, 6) is 0.689. The zero-order chi connectivity index (χ0) is 14.8. The van der Waals surface area contributed by atoms with Gasteiger partial charge in [-0.2, -0.15) is 0 Å². The zero-order valence-electron chi connectivity index (χ0n) is 11.2. The smallest absolute Gasteiger partial charge is 0.262 e. The molecule has 1 heterocycles. The number of thioether (sulfide) groups is 1. The van der Waals surface area contributed by atoms with Gasteiger partial charge in [-0.05, 0) is 51.8 Å². The number of hydrogen-bond donors (Lipinski definition) is 1. The van der Waals surface area contributed by atoms with Crippen LogP contribution in [0.2, 0.25) is 0 Å². The standard InChI is InChI=1S/C16H12BrNO2S/c1-20-13-7-6-10(8-11(13)17)9-15-16(19)18-12-4-2-3-5-14(12)21-15/h2-9H,1H3,(H,18,19)/b15-9-. The van der Waals surface area contributed by atoms with Crippen molar-refractivity contribution in [3.63, 3.8) is 0 Å². The molecule has 0 aliphatic carbocycles. The minimum Gasteiger partial charge on any atom is -0.496 e. The molecule has 5 heteroatoms. The van der Waals surface area contributed by atoms with Gasteiger partial charge in [0.05, 0.1) is 22.2 Å². The number of hydrogen-bond acceptors (Lipinski definition) is 3. The van der Waals surface area contributed by atoms with E-state index in [4.69, 9.17) is 4.74 Å². The van der Waals surface area contributed by atoms with E-state index in [-0.39, 0.29) is 5.91 Å². The van der Waals surface area contributed by atoms with E-state index in [2.05, 4.69) is 21.2 Å². The average molecular weight is 362 g/mol. The van der Waals surface area contributed by atoms with Gasteiger partial charge in [-0.15, -0.1) is 0 Å². The molecule has 21 heavy (non-hydrogen) atoms. The molecule has 1 amide bonds. The molecule has 0 unspecified atom stereocenters. The topological polar surface area (TPSA) is 38.3 Å². The molecule has 106 valence electrons. The van der Waals surface area contributed by atoms with Crippen LogP contribution < -0.4 is 10.1 Å². The highest BCUT2D eigenvalue weighted by Gasteiger charge is 2.20. The van der Waals surface area contributed by atoms with Crippen LogP contribution in [0.4, 0.5) is 5.69 Å².